The molecule has 37 heavy (non-hydrogen) atoms. The van der Waals surface area contributed by atoms with Crippen LogP contribution in [0.25, 0.3) is 0 Å². The summed E-state index contributed by atoms with van der Waals surface area (Å²) in [6, 6.07) is 11.0. The zero-order chi connectivity index (χ0) is 26.2. The number of hydrogen-bond acceptors (Lipinski definition) is 2. The minimum absolute atomic E-state index is 0.504. The maximum atomic E-state index is 2.64. The fourth-order valence-electron chi connectivity index (χ4n) is 5.85. The molecule has 1 aromatic carbocycles. The topological polar surface area (TPSA) is 6.48 Å². The Morgan fingerprint density at radius 1 is 0.486 bits per heavy atom. The fraction of sp³-hybridized carbons (Fsp3) is 0.771. The van der Waals surface area contributed by atoms with Crippen LogP contribution < -0.4 is 4.90 Å². The van der Waals surface area contributed by atoms with E-state index in [1.165, 1.54) is 160 Å². The first-order valence-electron chi connectivity index (χ1n) is 16.6. The molecule has 0 saturated carbocycles. The Hall–Kier alpha value is -1.44. The Labute approximate surface area is 232 Å². The summed E-state index contributed by atoms with van der Waals surface area (Å²) in [5.74, 6) is 0. The molecule has 0 aromatic heterocycles. The van der Waals surface area contributed by atoms with Crippen molar-refractivity contribution in [1.82, 2.24) is 4.90 Å². The largest absolute Gasteiger partial charge is 0.356 e. The van der Waals surface area contributed by atoms with Crippen molar-refractivity contribution in [3.05, 3.63) is 42.7 Å². The number of hydrogen-bond donors (Lipinski definition) is 0. The van der Waals surface area contributed by atoms with Gasteiger partial charge in [-0.25, -0.2) is 0 Å². The van der Waals surface area contributed by atoms with Crippen molar-refractivity contribution in [2.24, 2.45) is 0 Å². The zero-order valence-electron chi connectivity index (χ0n) is 25.0. The molecule has 0 N–H and O–H groups in total. The van der Waals surface area contributed by atoms with Gasteiger partial charge in [0.05, 0.1) is 0 Å². The molecule has 0 amide bonds. The van der Waals surface area contributed by atoms with Gasteiger partial charge in [-0.1, -0.05) is 160 Å². The Kier molecular flexibility index (Phi) is 19.4. The van der Waals surface area contributed by atoms with Crippen LogP contribution >= 0.6 is 0 Å². The van der Waals surface area contributed by atoms with Crippen molar-refractivity contribution in [3.8, 4) is 0 Å². The average molecular weight is 511 g/mol. The van der Waals surface area contributed by atoms with Gasteiger partial charge in [0, 0.05) is 24.6 Å². The summed E-state index contributed by atoms with van der Waals surface area (Å²) in [5, 5.41) is 0. The van der Waals surface area contributed by atoms with Crippen LogP contribution in [0.4, 0.5) is 5.69 Å². The SMILES string of the molecule is CCCCCCCCCCCCCCN1C=CN(c2ccccc2)C1CCCCCCCCCCCC. The quantitative estimate of drug-likeness (QED) is 0.121. The van der Waals surface area contributed by atoms with Gasteiger partial charge in [0.25, 0.3) is 0 Å². The standard InChI is InChI=1S/C35H62N2/c1-3-5-7-9-11-13-15-16-18-20-22-27-31-36-32-33-37(34-28-24-23-25-29-34)35(36)30-26-21-19-17-14-12-10-8-6-4-2/h23-25,28-29,32-33,35H,3-22,26-27,30-31H2,1-2H3. The third-order valence-electron chi connectivity index (χ3n) is 8.26. The van der Waals surface area contributed by atoms with E-state index in [9.17, 15) is 0 Å². The van der Waals surface area contributed by atoms with Crippen LogP contribution in [0.15, 0.2) is 42.7 Å². The summed E-state index contributed by atoms with van der Waals surface area (Å²) < 4.78 is 0. The highest BCUT2D eigenvalue weighted by atomic mass is 15.4. The second-order valence-electron chi connectivity index (χ2n) is 11.6. The fourth-order valence-corrected chi connectivity index (χ4v) is 5.85. The van der Waals surface area contributed by atoms with Gasteiger partial charge in [-0.05, 0) is 31.4 Å². The molecule has 0 aliphatic carbocycles. The molecule has 0 spiro atoms. The first-order chi connectivity index (χ1) is 18.4. The highest BCUT2D eigenvalue weighted by Gasteiger charge is 2.26. The summed E-state index contributed by atoms with van der Waals surface area (Å²) in [4.78, 5) is 5.16. The maximum Gasteiger partial charge on any atom is 0.105 e. The van der Waals surface area contributed by atoms with Crippen LogP contribution in [0.3, 0.4) is 0 Å². The van der Waals surface area contributed by atoms with Gasteiger partial charge >= 0.3 is 0 Å². The molecule has 212 valence electrons. The van der Waals surface area contributed by atoms with E-state index in [0.717, 1.165) is 0 Å². The van der Waals surface area contributed by atoms with Gasteiger partial charge in [0.2, 0.25) is 0 Å². The van der Waals surface area contributed by atoms with Gasteiger partial charge in [-0.2, -0.15) is 0 Å². The molecule has 1 aliphatic rings. The molecule has 1 unspecified atom stereocenters. The zero-order valence-corrected chi connectivity index (χ0v) is 25.0. The number of para-hydroxylation sites is 1. The van der Waals surface area contributed by atoms with Crippen LogP contribution in [-0.4, -0.2) is 17.6 Å². The predicted molar refractivity (Wildman–Crippen MR) is 166 cm³/mol. The third-order valence-corrected chi connectivity index (χ3v) is 8.26. The van der Waals surface area contributed by atoms with E-state index < -0.39 is 0 Å². The molecule has 0 bridgehead atoms. The highest BCUT2D eigenvalue weighted by Crippen LogP contribution is 2.28. The number of benzene rings is 1. The Bertz CT molecular complexity index is 640. The number of anilines is 1. The third kappa shape index (κ3) is 14.9. The second-order valence-corrected chi connectivity index (χ2v) is 11.6. The monoisotopic (exact) mass is 510 g/mol. The van der Waals surface area contributed by atoms with Crippen molar-refractivity contribution < 1.29 is 0 Å². The van der Waals surface area contributed by atoms with Gasteiger partial charge in [-0.15, -0.1) is 0 Å². The molecule has 2 rings (SSSR count). The lowest BCUT2D eigenvalue weighted by molar-refractivity contribution is 0.273. The smallest absolute Gasteiger partial charge is 0.105 e. The molecule has 1 heterocycles. The van der Waals surface area contributed by atoms with E-state index in [4.69, 9.17) is 0 Å². The lowest BCUT2D eigenvalue weighted by atomic mass is 10.0. The molecule has 2 nitrogen and oxygen atoms in total. The first-order valence-corrected chi connectivity index (χ1v) is 16.6. The van der Waals surface area contributed by atoms with Crippen LogP contribution in [-0.2, 0) is 0 Å². The van der Waals surface area contributed by atoms with Crippen molar-refractivity contribution in [3.63, 3.8) is 0 Å². The van der Waals surface area contributed by atoms with Gasteiger partial charge in [0.1, 0.15) is 6.17 Å². The van der Waals surface area contributed by atoms with E-state index in [-0.39, 0.29) is 0 Å². The summed E-state index contributed by atoms with van der Waals surface area (Å²) in [6.07, 6.45) is 37.7. The average Bonchev–Trinajstić information content (AvgIpc) is 3.33. The first kappa shape index (κ1) is 31.8. The van der Waals surface area contributed by atoms with Crippen molar-refractivity contribution >= 4 is 5.69 Å². The second kappa shape index (κ2) is 22.5. The van der Waals surface area contributed by atoms with Crippen LogP contribution in [0, 0.1) is 0 Å². The molecule has 1 aromatic rings. The molecular weight excluding hydrogens is 448 g/mol. The van der Waals surface area contributed by atoms with E-state index in [2.05, 4.69) is 66.4 Å². The van der Waals surface area contributed by atoms with E-state index >= 15 is 0 Å². The molecule has 0 fully saturated rings. The molecule has 1 atom stereocenters. The lowest BCUT2D eigenvalue weighted by Crippen LogP contribution is -2.39. The van der Waals surface area contributed by atoms with Gasteiger partial charge in [0.15, 0.2) is 0 Å². The van der Waals surface area contributed by atoms with E-state index in [1.807, 2.05) is 0 Å². The lowest BCUT2D eigenvalue weighted by Gasteiger charge is -2.33. The van der Waals surface area contributed by atoms with Gasteiger partial charge < -0.3 is 9.80 Å². The van der Waals surface area contributed by atoms with E-state index in [0.29, 0.717) is 6.17 Å². The molecule has 0 radical (unpaired) electrons. The van der Waals surface area contributed by atoms with Gasteiger partial charge in [-0.3, -0.25) is 0 Å². The normalized spacial score (nSPS) is 15.2. The summed E-state index contributed by atoms with van der Waals surface area (Å²) in [7, 11) is 0. The predicted octanol–water partition coefficient (Wildman–Crippen LogP) is 11.6. The van der Waals surface area contributed by atoms with Crippen LogP contribution in [0.1, 0.15) is 162 Å². The van der Waals surface area contributed by atoms with Crippen LogP contribution in [0.2, 0.25) is 0 Å². The van der Waals surface area contributed by atoms with Crippen molar-refractivity contribution in [2.45, 2.75) is 168 Å². The minimum atomic E-state index is 0.504. The summed E-state index contributed by atoms with van der Waals surface area (Å²) >= 11 is 0. The summed E-state index contributed by atoms with van der Waals surface area (Å²) in [6.45, 7) is 5.82. The number of nitrogens with zero attached hydrogens (tertiary/aromatic N) is 2. The molecule has 1 aliphatic heterocycles. The maximum absolute atomic E-state index is 2.64. The molecular formula is C35H62N2. The highest BCUT2D eigenvalue weighted by molar-refractivity contribution is 5.51. The Morgan fingerprint density at radius 2 is 0.919 bits per heavy atom. The number of unbranched alkanes of at least 4 members (excludes halogenated alkanes) is 20. The van der Waals surface area contributed by atoms with Crippen molar-refractivity contribution in [2.75, 3.05) is 11.4 Å². The minimum Gasteiger partial charge on any atom is -0.356 e. The molecule has 2 heteroatoms. The van der Waals surface area contributed by atoms with Crippen molar-refractivity contribution in [1.29, 1.82) is 0 Å². The Balaban J connectivity index is 1.60. The number of rotatable bonds is 25. The Morgan fingerprint density at radius 3 is 1.41 bits per heavy atom. The summed E-state index contributed by atoms with van der Waals surface area (Å²) in [5.41, 5.74) is 1.34. The molecule has 0 saturated heterocycles. The van der Waals surface area contributed by atoms with Crippen LogP contribution in [0.5, 0.6) is 0 Å². The van der Waals surface area contributed by atoms with E-state index in [1.54, 1.807) is 0 Å².